The Hall–Kier alpha value is -1.93. The number of hydrogen-bond acceptors (Lipinski definition) is 4. The van der Waals surface area contributed by atoms with Gasteiger partial charge >= 0.3 is 6.09 Å². The predicted octanol–water partition coefficient (Wildman–Crippen LogP) is 3.16. The van der Waals surface area contributed by atoms with Gasteiger partial charge in [0.25, 0.3) is 5.91 Å². The van der Waals surface area contributed by atoms with Crippen LogP contribution in [0.15, 0.2) is 33.5 Å². The number of alkyl carbamates (subject to hydrolysis) is 1. The van der Waals surface area contributed by atoms with E-state index < -0.39 is 33.6 Å². The van der Waals surface area contributed by atoms with Crippen molar-refractivity contribution < 1.29 is 18.5 Å². The summed E-state index contributed by atoms with van der Waals surface area (Å²) < 4.78 is 21.6. The van der Waals surface area contributed by atoms with Gasteiger partial charge in [-0.2, -0.15) is 0 Å². The quantitative estimate of drug-likeness (QED) is 0.813. The van der Waals surface area contributed by atoms with E-state index in [4.69, 9.17) is 9.88 Å². The van der Waals surface area contributed by atoms with Crippen LogP contribution in [0.3, 0.4) is 0 Å². The van der Waals surface area contributed by atoms with Crippen LogP contribution in [0.25, 0.3) is 0 Å². The van der Waals surface area contributed by atoms with E-state index in [9.17, 15) is 13.8 Å². The SMILES string of the molecule is Cc1ccc(S(N)(=O)=NC(=O)[C@H](CC(C)C)NC(=O)OC(C)(C)C)cc1. The summed E-state index contributed by atoms with van der Waals surface area (Å²) in [5.41, 5.74) is 0.273. The Kier molecular flexibility index (Phi) is 7.35. The fourth-order valence-corrected chi connectivity index (χ4v) is 3.15. The summed E-state index contributed by atoms with van der Waals surface area (Å²) in [5.74, 6) is -0.639. The van der Waals surface area contributed by atoms with Crippen molar-refractivity contribution in [1.29, 1.82) is 0 Å². The number of rotatable bonds is 5. The number of aryl methyl sites for hydroxylation is 1. The Morgan fingerprint density at radius 3 is 2.23 bits per heavy atom. The van der Waals surface area contributed by atoms with Crippen LogP contribution in [0, 0.1) is 12.8 Å². The lowest BCUT2D eigenvalue weighted by atomic mass is 10.0. The summed E-state index contributed by atoms with van der Waals surface area (Å²) in [6.45, 7) is 10.8. The van der Waals surface area contributed by atoms with E-state index in [1.807, 2.05) is 20.8 Å². The number of ether oxygens (including phenoxy) is 1. The molecule has 2 atom stereocenters. The van der Waals surface area contributed by atoms with Gasteiger partial charge < -0.3 is 10.1 Å². The molecule has 0 aliphatic carbocycles. The zero-order chi connectivity index (χ0) is 20.1. The van der Waals surface area contributed by atoms with Gasteiger partial charge in [-0.15, -0.1) is 4.36 Å². The number of nitrogens with two attached hydrogens (primary N) is 1. The van der Waals surface area contributed by atoms with Gasteiger partial charge in [0.2, 0.25) is 0 Å². The van der Waals surface area contributed by atoms with Crippen LogP contribution in [-0.2, 0) is 19.4 Å². The van der Waals surface area contributed by atoms with Gasteiger partial charge in [-0.1, -0.05) is 31.5 Å². The summed E-state index contributed by atoms with van der Waals surface area (Å²) >= 11 is 0. The van der Waals surface area contributed by atoms with E-state index in [1.165, 1.54) is 0 Å². The van der Waals surface area contributed by atoms with Crippen LogP contribution in [0.2, 0.25) is 0 Å². The van der Waals surface area contributed by atoms with Crippen LogP contribution < -0.4 is 10.5 Å². The first-order chi connectivity index (χ1) is 11.8. The van der Waals surface area contributed by atoms with E-state index >= 15 is 0 Å². The minimum atomic E-state index is -3.39. The number of carbonyl (C=O) groups excluding carboxylic acids is 2. The molecule has 0 aliphatic rings. The summed E-state index contributed by atoms with van der Waals surface area (Å²) in [4.78, 5) is 24.8. The molecule has 0 spiro atoms. The maximum Gasteiger partial charge on any atom is 0.408 e. The highest BCUT2D eigenvalue weighted by Crippen LogP contribution is 2.14. The molecule has 0 bridgehead atoms. The number of nitrogens with zero attached hydrogens (tertiary/aromatic N) is 1. The van der Waals surface area contributed by atoms with Crippen molar-refractivity contribution in [2.24, 2.45) is 15.4 Å². The van der Waals surface area contributed by atoms with Crippen molar-refractivity contribution in [2.45, 2.75) is 64.5 Å². The minimum Gasteiger partial charge on any atom is -0.444 e. The van der Waals surface area contributed by atoms with Crippen LogP contribution in [0.5, 0.6) is 0 Å². The second-order valence-electron chi connectivity index (χ2n) is 7.64. The van der Waals surface area contributed by atoms with Crippen molar-refractivity contribution >= 4 is 21.9 Å². The third kappa shape index (κ3) is 7.53. The average molecular weight is 384 g/mol. The smallest absolute Gasteiger partial charge is 0.408 e. The first-order valence-corrected chi connectivity index (χ1v) is 10.0. The molecule has 1 rings (SSSR count). The van der Waals surface area contributed by atoms with Crippen molar-refractivity contribution in [3.05, 3.63) is 29.8 Å². The molecule has 2 amide bonds. The molecular formula is C18H29N3O4S. The van der Waals surface area contributed by atoms with Gasteiger partial charge in [-0.3, -0.25) is 4.79 Å². The minimum absolute atomic E-state index is 0.0993. The van der Waals surface area contributed by atoms with E-state index in [-0.39, 0.29) is 10.8 Å². The molecule has 0 fully saturated rings. The maximum atomic E-state index is 12.7. The molecule has 0 saturated heterocycles. The van der Waals surface area contributed by atoms with E-state index in [0.29, 0.717) is 6.42 Å². The lowest BCUT2D eigenvalue weighted by Crippen LogP contribution is -2.44. The molecule has 1 unspecified atom stereocenters. The predicted molar refractivity (Wildman–Crippen MR) is 102 cm³/mol. The third-order valence-corrected chi connectivity index (χ3v) is 4.68. The molecule has 0 radical (unpaired) electrons. The Balaban J connectivity index is 3.06. The molecule has 0 aromatic heterocycles. The first-order valence-electron chi connectivity index (χ1n) is 8.45. The normalized spacial score (nSPS) is 15.1. The third-order valence-electron chi connectivity index (χ3n) is 3.28. The zero-order valence-corrected chi connectivity index (χ0v) is 17.1. The molecule has 3 N–H and O–H groups in total. The van der Waals surface area contributed by atoms with E-state index in [0.717, 1.165) is 5.56 Å². The lowest BCUT2D eigenvalue weighted by Gasteiger charge is -2.23. The summed E-state index contributed by atoms with van der Waals surface area (Å²) in [6.07, 6.45) is -0.407. The molecule has 0 aliphatic heterocycles. The number of benzene rings is 1. The van der Waals surface area contributed by atoms with Crippen LogP contribution in [0.4, 0.5) is 4.79 Å². The topological polar surface area (TPSA) is 111 Å². The average Bonchev–Trinajstić information content (AvgIpc) is 2.44. The number of nitrogens with one attached hydrogen (secondary N) is 1. The fraction of sp³-hybridized carbons (Fsp3) is 0.556. The first kappa shape index (κ1) is 22.1. The van der Waals surface area contributed by atoms with Crippen LogP contribution in [0.1, 0.15) is 46.6 Å². The zero-order valence-electron chi connectivity index (χ0n) is 16.2. The van der Waals surface area contributed by atoms with Gasteiger partial charge in [0.15, 0.2) is 0 Å². The molecule has 1 aromatic carbocycles. The Morgan fingerprint density at radius 1 is 1.23 bits per heavy atom. The molecular weight excluding hydrogens is 354 g/mol. The molecule has 26 heavy (non-hydrogen) atoms. The molecule has 1 aromatic rings. The van der Waals surface area contributed by atoms with Gasteiger partial charge in [0, 0.05) is 0 Å². The van der Waals surface area contributed by atoms with Gasteiger partial charge in [-0.25, -0.2) is 14.1 Å². The van der Waals surface area contributed by atoms with Crippen molar-refractivity contribution in [3.8, 4) is 0 Å². The van der Waals surface area contributed by atoms with Crippen molar-refractivity contribution in [3.63, 3.8) is 0 Å². The summed E-state index contributed by atoms with van der Waals surface area (Å²) in [7, 11) is -3.39. The molecule has 0 saturated carbocycles. The van der Waals surface area contributed by atoms with Gasteiger partial charge in [0.05, 0.1) is 4.90 Å². The second-order valence-corrected chi connectivity index (χ2v) is 9.43. The van der Waals surface area contributed by atoms with Crippen molar-refractivity contribution in [2.75, 3.05) is 0 Å². The summed E-state index contributed by atoms with van der Waals surface area (Å²) in [5, 5.41) is 8.29. The maximum absolute atomic E-state index is 12.7. The van der Waals surface area contributed by atoms with Crippen LogP contribution in [-0.4, -0.2) is 27.9 Å². The Morgan fingerprint density at radius 2 is 1.77 bits per heavy atom. The Labute approximate surface area is 156 Å². The van der Waals surface area contributed by atoms with Gasteiger partial charge in [-0.05, 0) is 52.2 Å². The van der Waals surface area contributed by atoms with E-state index in [1.54, 1.807) is 45.0 Å². The fourth-order valence-electron chi connectivity index (χ4n) is 2.13. The summed E-state index contributed by atoms with van der Waals surface area (Å²) in [6, 6.07) is 5.68. The number of amides is 2. The molecule has 146 valence electrons. The van der Waals surface area contributed by atoms with Crippen LogP contribution >= 0.6 is 0 Å². The molecule has 7 nitrogen and oxygen atoms in total. The van der Waals surface area contributed by atoms with E-state index in [2.05, 4.69) is 9.68 Å². The Bertz CT molecular complexity index is 758. The highest BCUT2D eigenvalue weighted by Gasteiger charge is 2.26. The number of carbonyl (C=O) groups is 2. The molecule has 0 heterocycles. The molecule has 8 heteroatoms. The second kappa shape index (κ2) is 8.64. The standard InChI is InChI=1S/C18H29N3O4S/c1-12(2)11-15(20-17(23)25-18(4,5)6)16(22)21-26(19,24)14-9-7-13(3)8-10-14/h7-10,12,15H,11H2,1-6H3,(H,20,23)(H2,19,21,22,24)/t15-,26?/m0/s1. The lowest BCUT2D eigenvalue weighted by molar-refractivity contribution is -0.120. The highest BCUT2D eigenvalue weighted by atomic mass is 32.2. The highest BCUT2D eigenvalue weighted by molar-refractivity contribution is 7.91. The largest absolute Gasteiger partial charge is 0.444 e. The monoisotopic (exact) mass is 383 g/mol. The van der Waals surface area contributed by atoms with Gasteiger partial charge in [0.1, 0.15) is 21.6 Å². The number of hydrogen-bond donors (Lipinski definition) is 2. The van der Waals surface area contributed by atoms with Crippen molar-refractivity contribution in [1.82, 2.24) is 5.32 Å².